The van der Waals surface area contributed by atoms with Gasteiger partial charge in [-0.05, 0) is 24.6 Å². The highest BCUT2D eigenvalue weighted by atomic mass is 35.5. The van der Waals surface area contributed by atoms with E-state index in [4.69, 9.17) is 20.6 Å². The first-order valence-corrected chi connectivity index (χ1v) is 8.99. The van der Waals surface area contributed by atoms with Gasteiger partial charge in [-0.2, -0.15) is 0 Å². The van der Waals surface area contributed by atoms with E-state index in [-0.39, 0.29) is 17.0 Å². The molecule has 0 saturated heterocycles. The van der Waals surface area contributed by atoms with Gasteiger partial charge in [0.25, 0.3) is 5.92 Å². The minimum absolute atomic E-state index is 0.0180. The monoisotopic (exact) mass is 393 g/mol. The van der Waals surface area contributed by atoms with E-state index in [1.54, 1.807) is 10.8 Å². The van der Waals surface area contributed by atoms with E-state index in [0.29, 0.717) is 16.7 Å². The molecule has 136 valence electrons. The Hall–Kier alpha value is -1.11. The van der Waals surface area contributed by atoms with E-state index in [1.165, 1.54) is 26.4 Å². The van der Waals surface area contributed by atoms with E-state index in [9.17, 15) is 18.3 Å². The van der Waals surface area contributed by atoms with Crippen LogP contribution in [0.5, 0.6) is 0 Å². The summed E-state index contributed by atoms with van der Waals surface area (Å²) < 4.78 is 53.9. The molecule has 4 nitrogen and oxygen atoms in total. The molecule has 0 bridgehead atoms. The Bertz CT molecular complexity index is 775. The van der Waals surface area contributed by atoms with Crippen molar-refractivity contribution in [1.82, 2.24) is 4.57 Å². The van der Waals surface area contributed by atoms with Gasteiger partial charge in [-0.1, -0.05) is 11.6 Å². The van der Waals surface area contributed by atoms with Crippen molar-refractivity contribution in [3.05, 3.63) is 46.5 Å². The quantitative estimate of drug-likeness (QED) is 0.795. The second-order valence-electron chi connectivity index (χ2n) is 5.66. The maximum atomic E-state index is 14.1. The largest absolute Gasteiger partial charge is 0.382 e. The van der Waals surface area contributed by atoms with E-state index >= 15 is 0 Å². The Kier molecular flexibility index (Phi) is 5.15. The van der Waals surface area contributed by atoms with Crippen molar-refractivity contribution < 1.29 is 27.3 Å². The van der Waals surface area contributed by atoms with Crippen LogP contribution in [0.4, 0.5) is 13.2 Å². The fraction of sp³-hybridized carbons (Fsp3) is 0.375. The van der Waals surface area contributed by atoms with Gasteiger partial charge in [0.05, 0.1) is 5.30 Å². The second-order valence-corrected chi connectivity index (χ2v) is 7.82. The molecular weight excluding hydrogens is 378 g/mol. The Labute approximate surface area is 149 Å². The van der Waals surface area contributed by atoms with Crippen LogP contribution in [0.1, 0.15) is 23.8 Å². The summed E-state index contributed by atoms with van der Waals surface area (Å²) in [6.45, 7) is 0. The molecule has 0 radical (unpaired) electrons. The smallest absolute Gasteiger partial charge is 0.278 e. The SMILES string of the molecule is COP(OC)c1cn(-c2cc(F)cc(Cl)c2)c2c1C(O)C(F)(F)CC2. The molecule has 3 rings (SSSR count). The van der Waals surface area contributed by atoms with Gasteiger partial charge in [0.2, 0.25) is 8.38 Å². The summed E-state index contributed by atoms with van der Waals surface area (Å²) >= 11 is 5.91. The molecule has 1 N–H and O–H groups in total. The van der Waals surface area contributed by atoms with Crippen LogP contribution in [-0.2, 0) is 15.5 Å². The first-order chi connectivity index (χ1) is 11.8. The van der Waals surface area contributed by atoms with E-state index in [2.05, 4.69) is 0 Å². The van der Waals surface area contributed by atoms with Crippen LogP contribution in [0.25, 0.3) is 5.69 Å². The topological polar surface area (TPSA) is 43.6 Å². The number of halogens is 4. The van der Waals surface area contributed by atoms with Gasteiger partial charge in [0.15, 0.2) is 0 Å². The fourth-order valence-electron chi connectivity index (χ4n) is 3.06. The zero-order valence-electron chi connectivity index (χ0n) is 13.5. The average molecular weight is 394 g/mol. The van der Waals surface area contributed by atoms with Crippen LogP contribution in [0, 0.1) is 5.82 Å². The van der Waals surface area contributed by atoms with E-state index < -0.39 is 32.6 Å². The molecule has 0 amide bonds. The van der Waals surface area contributed by atoms with Crippen LogP contribution in [0.3, 0.4) is 0 Å². The standard InChI is InChI=1S/C16H16ClF3NO3P/c1-23-25(24-2)13-8-21(11-6-9(17)5-10(18)7-11)12-3-4-16(19,20)15(22)14(12)13/h5-8,15,22H,3-4H2,1-2H3. The van der Waals surface area contributed by atoms with Crippen molar-refractivity contribution in [3.63, 3.8) is 0 Å². The van der Waals surface area contributed by atoms with Crippen molar-refractivity contribution in [1.29, 1.82) is 0 Å². The zero-order valence-corrected chi connectivity index (χ0v) is 15.1. The maximum absolute atomic E-state index is 14.1. The predicted octanol–water partition coefficient (Wildman–Crippen LogP) is 4.11. The number of fused-ring (bicyclic) bond motifs is 1. The van der Waals surface area contributed by atoms with Crippen molar-refractivity contribution in [2.45, 2.75) is 24.9 Å². The lowest BCUT2D eigenvalue weighted by Gasteiger charge is -2.30. The van der Waals surface area contributed by atoms with Crippen LogP contribution in [0.2, 0.25) is 5.02 Å². The van der Waals surface area contributed by atoms with Gasteiger partial charge in [0.1, 0.15) is 11.9 Å². The molecule has 25 heavy (non-hydrogen) atoms. The lowest BCUT2D eigenvalue weighted by molar-refractivity contribution is -0.121. The van der Waals surface area contributed by atoms with Gasteiger partial charge < -0.3 is 18.7 Å². The Balaban J connectivity index is 2.23. The average Bonchev–Trinajstić information content (AvgIpc) is 2.91. The molecule has 0 saturated carbocycles. The number of hydrogen-bond donors (Lipinski definition) is 1. The van der Waals surface area contributed by atoms with Gasteiger partial charge in [-0.25, -0.2) is 13.2 Å². The minimum Gasteiger partial charge on any atom is -0.382 e. The number of alkyl halides is 2. The first kappa shape index (κ1) is 18.7. The normalized spacial score (nSPS) is 19.3. The summed E-state index contributed by atoms with van der Waals surface area (Å²) in [5.74, 6) is -3.80. The molecule has 1 atom stereocenters. The second kappa shape index (κ2) is 6.89. The number of aliphatic hydroxyl groups excluding tert-OH is 1. The van der Waals surface area contributed by atoms with E-state index in [1.807, 2.05) is 0 Å². The Morgan fingerprint density at radius 1 is 1.28 bits per heavy atom. The maximum Gasteiger partial charge on any atom is 0.278 e. The lowest BCUT2D eigenvalue weighted by Crippen LogP contribution is -2.34. The molecule has 0 aliphatic heterocycles. The van der Waals surface area contributed by atoms with Crippen LogP contribution in [0.15, 0.2) is 24.4 Å². The summed E-state index contributed by atoms with van der Waals surface area (Å²) in [5, 5.41) is 10.7. The number of benzene rings is 1. The third-order valence-corrected chi connectivity index (χ3v) is 5.78. The first-order valence-electron chi connectivity index (χ1n) is 7.43. The molecule has 1 aliphatic carbocycles. The molecular formula is C16H16ClF3NO3P. The molecule has 1 unspecified atom stereocenters. The number of rotatable bonds is 4. The Morgan fingerprint density at radius 3 is 2.56 bits per heavy atom. The highest BCUT2D eigenvalue weighted by molar-refractivity contribution is 7.56. The molecule has 1 heterocycles. The highest BCUT2D eigenvalue weighted by Gasteiger charge is 2.47. The third-order valence-electron chi connectivity index (χ3n) is 4.15. The summed E-state index contributed by atoms with van der Waals surface area (Å²) in [6, 6.07) is 3.93. The minimum atomic E-state index is -3.25. The van der Waals surface area contributed by atoms with Gasteiger partial charge in [0, 0.05) is 48.8 Å². The molecule has 1 aliphatic rings. The molecule has 0 spiro atoms. The highest BCUT2D eigenvalue weighted by Crippen LogP contribution is 2.47. The van der Waals surface area contributed by atoms with Crippen molar-refractivity contribution >= 4 is 25.3 Å². The van der Waals surface area contributed by atoms with Gasteiger partial charge >= 0.3 is 0 Å². The third kappa shape index (κ3) is 3.32. The molecule has 1 aromatic carbocycles. The number of aromatic nitrogens is 1. The number of hydrogen-bond acceptors (Lipinski definition) is 3. The zero-order chi connectivity index (χ0) is 18.4. The summed E-state index contributed by atoms with van der Waals surface area (Å²) in [4.78, 5) is 0. The van der Waals surface area contributed by atoms with E-state index in [0.717, 1.165) is 6.07 Å². The van der Waals surface area contributed by atoms with Crippen LogP contribution < -0.4 is 5.30 Å². The van der Waals surface area contributed by atoms with Crippen molar-refractivity contribution in [2.75, 3.05) is 14.2 Å². The van der Waals surface area contributed by atoms with Gasteiger partial charge in [-0.15, -0.1) is 0 Å². The lowest BCUT2D eigenvalue weighted by atomic mass is 9.91. The molecule has 0 fully saturated rings. The number of nitrogens with zero attached hydrogens (tertiary/aromatic N) is 1. The fourth-order valence-corrected chi connectivity index (χ4v) is 4.48. The van der Waals surface area contributed by atoms with Crippen molar-refractivity contribution in [2.24, 2.45) is 0 Å². The number of aliphatic hydroxyl groups is 1. The summed E-state index contributed by atoms with van der Waals surface area (Å²) in [7, 11) is 1.13. The summed E-state index contributed by atoms with van der Waals surface area (Å²) in [5.41, 5.74) is 0.926. The predicted molar refractivity (Wildman–Crippen MR) is 89.5 cm³/mol. The van der Waals surface area contributed by atoms with Crippen molar-refractivity contribution in [3.8, 4) is 5.69 Å². The Morgan fingerprint density at radius 2 is 1.96 bits per heavy atom. The molecule has 2 aromatic rings. The van der Waals surface area contributed by atoms with Crippen LogP contribution in [-0.4, -0.2) is 29.8 Å². The molecule has 1 aromatic heterocycles. The summed E-state index contributed by atoms with van der Waals surface area (Å²) in [6.07, 6.45) is -0.929. The molecule has 9 heteroatoms. The van der Waals surface area contributed by atoms with Gasteiger partial charge in [-0.3, -0.25) is 0 Å². The van der Waals surface area contributed by atoms with Crippen LogP contribution >= 0.6 is 20.0 Å².